The molecule has 1 aliphatic heterocycles. The SMILES string of the molecule is Cc1ccc(NC(=O)NCC2CCCN(C(=O)Cn3ccc4cc([N+](=O)[O-])ccc43)C2)cc1. The molecule has 0 bridgehead atoms. The van der Waals surface area contributed by atoms with Crippen LogP contribution in [0.4, 0.5) is 16.2 Å². The summed E-state index contributed by atoms with van der Waals surface area (Å²) in [4.78, 5) is 37.5. The maximum absolute atomic E-state index is 12.9. The molecule has 2 N–H and O–H groups in total. The first kappa shape index (κ1) is 22.3. The van der Waals surface area contributed by atoms with Crippen LogP contribution in [0.5, 0.6) is 0 Å². The molecule has 172 valence electrons. The number of nitrogens with one attached hydrogen (secondary N) is 2. The summed E-state index contributed by atoms with van der Waals surface area (Å²) in [7, 11) is 0. The molecule has 1 fully saturated rings. The number of anilines is 1. The van der Waals surface area contributed by atoms with E-state index in [4.69, 9.17) is 0 Å². The average Bonchev–Trinajstić information content (AvgIpc) is 3.21. The first-order valence-electron chi connectivity index (χ1n) is 11.0. The van der Waals surface area contributed by atoms with E-state index in [0.717, 1.165) is 35.0 Å². The molecule has 0 spiro atoms. The molecule has 2 heterocycles. The minimum Gasteiger partial charge on any atom is -0.341 e. The second-order valence-electron chi connectivity index (χ2n) is 8.49. The van der Waals surface area contributed by atoms with E-state index in [9.17, 15) is 19.7 Å². The summed E-state index contributed by atoms with van der Waals surface area (Å²) in [5.41, 5.74) is 2.69. The molecule has 2 aromatic carbocycles. The van der Waals surface area contributed by atoms with Gasteiger partial charge in [-0.05, 0) is 49.9 Å². The van der Waals surface area contributed by atoms with E-state index in [-0.39, 0.29) is 30.1 Å². The number of carbonyl (C=O) groups is 2. The summed E-state index contributed by atoms with van der Waals surface area (Å²) in [5.74, 6) is 0.190. The Morgan fingerprint density at radius 3 is 2.70 bits per heavy atom. The molecule has 0 saturated carbocycles. The van der Waals surface area contributed by atoms with Gasteiger partial charge in [-0.25, -0.2) is 4.79 Å². The highest BCUT2D eigenvalue weighted by molar-refractivity contribution is 5.89. The number of non-ortho nitro benzene ring substituents is 1. The lowest BCUT2D eigenvalue weighted by molar-refractivity contribution is -0.384. The fraction of sp³-hybridized carbons (Fsp3) is 0.333. The molecular formula is C24H27N5O4. The van der Waals surface area contributed by atoms with Crippen molar-refractivity contribution >= 4 is 34.2 Å². The Bertz CT molecular complexity index is 1170. The smallest absolute Gasteiger partial charge is 0.319 e. The standard InChI is InChI=1S/C24H27N5O4/c1-17-4-6-20(7-5-17)26-24(31)25-14-18-3-2-11-28(15-18)23(30)16-27-12-10-19-13-21(29(32)33)8-9-22(19)27/h4-10,12-13,18H,2-3,11,14-16H2,1H3,(H2,25,26,31). The van der Waals surface area contributed by atoms with E-state index in [1.165, 1.54) is 12.1 Å². The summed E-state index contributed by atoms with van der Waals surface area (Å²) in [5, 5.41) is 17.4. The maximum Gasteiger partial charge on any atom is 0.319 e. The van der Waals surface area contributed by atoms with E-state index in [2.05, 4.69) is 10.6 Å². The van der Waals surface area contributed by atoms with Gasteiger partial charge < -0.3 is 20.1 Å². The number of urea groups is 1. The Hall–Kier alpha value is -3.88. The van der Waals surface area contributed by atoms with Gasteiger partial charge in [-0.3, -0.25) is 14.9 Å². The molecule has 1 aliphatic rings. The van der Waals surface area contributed by atoms with Crippen LogP contribution in [0, 0.1) is 23.0 Å². The molecule has 3 amide bonds. The minimum absolute atomic E-state index is 0.000315. The Morgan fingerprint density at radius 2 is 1.94 bits per heavy atom. The molecule has 1 atom stereocenters. The van der Waals surface area contributed by atoms with Gasteiger partial charge in [-0.15, -0.1) is 0 Å². The summed E-state index contributed by atoms with van der Waals surface area (Å²) >= 11 is 0. The fourth-order valence-electron chi connectivity index (χ4n) is 4.19. The molecule has 33 heavy (non-hydrogen) atoms. The predicted octanol–water partition coefficient (Wildman–Crippen LogP) is 3.92. The highest BCUT2D eigenvalue weighted by Gasteiger charge is 2.24. The van der Waals surface area contributed by atoms with Crippen LogP contribution in [-0.4, -0.2) is 46.0 Å². The third-order valence-corrected chi connectivity index (χ3v) is 6.00. The number of nitro benzene ring substituents is 1. The Morgan fingerprint density at radius 1 is 1.15 bits per heavy atom. The van der Waals surface area contributed by atoms with Gasteiger partial charge in [0.1, 0.15) is 6.54 Å². The summed E-state index contributed by atoms with van der Waals surface area (Å²) in [6.07, 6.45) is 3.62. The topological polar surface area (TPSA) is 110 Å². The first-order chi connectivity index (χ1) is 15.9. The van der Waals surface area contributed by atoms with Crippen molar-refractivity contribution in [3.05, 3.63) is 70.4 Å². The Labute approximate surface area is 191 Å². The maximum atomic E-state index is 12.9. The molecule has 4 rings (SSSR count). The van der Waals surface area contributed by atoms with E-state index in [1.807, 2.05) is 40.7 Å². The monoisotopic (exact) mass is 449 g/mol. The number of aromatic nitrogens is 1. The Balaban J connectivity index is 1.30. The van der Waals surface area contributed by atoms with Gasteiger partial charge in [0, 0.05) is 54.6 Å². The van der Waals surface area contributed by atoms with Crippen molar-refractivity contribution in [2.45, 2.75) is 26.3 Å². The van der Waals surface area contributed by atoms with Crippen molar-refractivity contribution in [2.24, 2.45) is 5.92 Å². The molecule has 1 unspecified atom stereocenters. The lowest BCUT2D eigenvalue weighted by Gasteiger charge is -2.33. The number of hydrogen-bond acceptors (Lipinski definition) is 4. The van der Waals surface area contributed by atoms with E-state index in [1.54, 1.807) is 18.3 Å². The number of aryl methyl sites for hydroxylation is 1. The number of benzene rings is 2. The lowest BCUT2D eigenvalue weighted by Crippen LogP contribution is -2.45. The molecular weight excluding hydrogens is 422 g/mol. The normalized spacial score (nSPS) is 15.9. The quantitative estimate of drug-likeness (QED) is 0.439. The van der Waals surface area contributed by atoms with E-state index in [0.29, 0.717) is 19.6 Å². The van der Waals surface area contributed by atoms with Crippen LogP contribution in [0.2, 0.25) is 0 Å². The van der Waals surface area contributed by atoms with Crippen LogP contribution >= 0.6 is 0 Å². The number of nitrogens with zero attached hydrogens (tertiary/aromatic N) is 3. The van der Waals surface area contributed by atoms with Crippen LogP contribution in [0.15, 0.2) is 54.7 Å². The van der Waals surface area contributed by atoms with E-state index < -0.39 is 4.92 Å². The summed E-state index contributed by atoms with van der Waals surface area (Å²) in [6, 6.07) is 13.8. The molecule has 0 radical (unpaired) electrons. The highest BCUT2D eigenvalue weighted by atomic mass is 16.6. The van der Waals surface area contributed by atoms with Gasteiger partial charge in [0.05, 0.1) is 4.92 Å². The second kappa shape index (κ2) is 9.72. The minimum atomic E-state index is -0.426. The van der Waals surface area contributed by atoms with Crippen LogP contribution in [0.25, 0.3) is 10.9 Å². The van der Waals surface area contributed by atoms with Crippen LogP contribution < -0.4 is 10.6 Å². The fourth-order valence-corrected chi connectivity index (χ4v) is 4.19. The molecule has 3 aromatic rings. The summed E-state index contributed by atoms with van der Waals surface area (Å²) < 4.78 is 1.82. The van der Waals surface area contributed by atoms with Crippen molar-refractivity contribution in [2.75, 3.05) is 25.0 Å². The van der Waals surface area contributed by atoms with Gasteiger partial charge in [0.15, 0.2) is 0 Å². The number of fused-ring (bicyclic) bond motifs is 1. The van der Waals surface area contributed by atoms with Gasteiger partial charge >= 0.3 is 6.03 Å². The predicted molar refractivity (Wildman–Crippen MR) is 126 cm³/mol. The molecule has 9 heteroatoms. The first-order valence-corrected chi connectivity index (χ1v) is 11.0. The molecule has 0 aliphatic carbocycles. The van der Waals surface area contributed by atoms with E-state index >= 15 is 0 Å². The lowest BCUT2D eigenvalue weighted by atomic mass is 9.98. The number of nitro groups is 1. The number of hydrogen-bond donors (Lipinski definition) is 2. The third-order valence-electron chi connectivity index (χ3n) is 6.00. The van der Waals surface area contributed by atoms with Crippen LogP contribution in [0.1, 0.15) is 18.4 Å². The highest BCUT2D eigenvalue weighted by Crippen LogP contribution is 2.23. The number of likely N-dealkylation sites (tertiary alicyclic amines) is 1. The number of amides is 3. The summed E-state index contributed by atoms with van der Waals surface area (Å²) in [6.45, 7) is 3.95. The second-order valence-corrected chi connectivity index (χ2v) is 8.49. The largest absolute Gasteiger partial charge is 0.341 e. The average molecular weight is 450 g/mol. The van der Waals surface area contributed by atoms with Crippen molar-refractivity contribution in [3.8, 4) is 0 Å². The Kier molecular flexibility index (Phi) is 6.58. The molecule has 9 nitrogen and oxygen atoms in total. The van der Waals surface area contributed by atoms with Gasteiger partial charge in [-0.1, -0.05) is 17.7 Å². The molecule has 1 aromatic heterocycles. The van der Waals surface area contributed by atoms with Crippen LogP contribution in [-0.2, 0) is 11.3 Å². The van der Waals surface area contributed by atoms with Crippen LogP contribution in [0.3, 0.4) is 0 Å². The van der Waals surface area contributed by atoms with Gasteiger partial charge in [0.25, 0.3) is 5.69 Å². The van der Waals surface area contributed by atoms with Crippen molar-refractivity contribution in [3.63, 3.8) is 0 Å². The van der Waals surface area contributed by atoms with Crippen molar-refractivity contribution in [1.29, 1.82) is 0 Å². The van der Waals surface area contributed by atoms with Crippen molar-refractivity contribution in [1.82, 2.24) is 14.8 Å². The number of piperidine rings is 1. The number of rotatable bonds is 6. The van der Waals surface area contributed by atoms with Gasteiger partial charge in [0.2, 0.25) is 5.91 Å². The zero-order valence-corrected chi connectivity index (χ0v) is 18.5. The zero-order chi connectivity index (χ0) is 23.4. The van der Waals surface area contributed by atoms with Crippen molar-refractivity contribution < 1.29 is 14.5 Å². The number of carbonyl (C=O) groups excluding carboxylic acids is 2. The third kappa shape index (κ3) is 5.49. The molecule has 1 saturated heterocycles. The zero-order valence-electron chi connectivity index (χ0n) is 18.5. The van der Waals surface area contributed by atoms with Gasteiger partial charge in [-0.2, -0.15) is 0 Å².